The SMILES string of the molecule is O=C(Cn1ccc(-c2ccc(F)cc2)n1)NC1CC1. The van der Waals surface area contributed by atoms with Gasteiger partial charge in [0, 0.05) is 17.8 Å². The van der Waals surface area contributed by atoms with Gasteiger partial charge in [0.1, 0.15) is 12.4 Å². The minimum atomic E-state index is -0.271. The number of rotatable bonds is 4. The highest BCUT2D eigenvalue weighted by atomic mass is 19.1. The number of amides is 1. The van der Waals surface area contributed by atoms with Crippen LogP contribution in [0.2, 0.25) is 0 Å². The Balaban J connectivity index is 1.68. The second-order valence-electron chi connectivity index (χ2n) is 4.75. The molecule has 5 heteroatoms. The first-order chi connectivity index (χ1) is 9.20. The molecule has 1 heterocycles. The molecule has 0 spiro atoms. The van der Waals surface area contributed by atoms with Gasteiger partial charge in [-0.2, -0.15) is 5.10 Å². The molecule has 4 nitrogen and oxygen atoms in total. The van der Waals surface area contributed by atoms with Crippen molar-refractivity contribution >= 4 is 5.91 Å². The van der Waals surface area contributed by atoms with Gasteiger partial charge >= 0.3 is 0 Å². The molecule has 1 aromatic heterocycles. The largest absolute Gasteiger partial charge is 0.352 e. The molecule has 1 aliphatic rings. The summed E-state index contributed by atoms with van der Waals surface area (Å²) in [5, 5.41) is 7.22. The maximum atomic E-state index is 12.8. The van der Waals surface area contributed by atoms with Gasteiger partial charge in [-0.05, 0) is 43.2 Å². The van der Waals surface area contributed by atoms with E-state index in [-0.39, 0.29) is 18.3 Å². The Bertz CT molecular complexity index is 587. The van der Waals surface area contributed by atoms with Crippen LogP contribution in [-0.2, 0) is 11.3 Å². The smallest absolute Gasteiger partial charge is 0.241 e. The third kappa shape index (κ3) is 2.99. The average Bonchev–Trinajstić information content (AvgIpc) is 3.07. The monoisotopic (exact) mass is 259 g/mol. The Morgan fingerprint density at radius 2 is 2.05 bits per heavy atom. The van der Waals surface area contributed by atoms with E-state index in [0.29, 0.717) is 6.04 Å². The summed E-state index contributed by atoms with van der Waals surface area (Å²) in [6, 6.07) is 8.32. The van der Waals surface area contributed by atoms with Crippen LogP contribution in [0.5, 0.6) is 0 Å². The molecule has 0 unspecified atom stereocenters. The highest BCUT2D eigenvalue weighted by Gasteiger charge is 2.23. The minimum absolute atomic E-state index is 0.0174. The number of carbonyl (C=O) groups excluding carboxylic acids is 1. The van der Waals surface area contributed by atoms with Gasteiger partial charge < -0.3 is 5.32 Å². The minimum Gasteiger partial charge on any atom is -0.352 e. The van der Waals surface area contributed by atoms with Gasteiger partial charge in [0.05, 0.1) is 5.69 Å². The van der Waals surface area contributed by atoms with E-state index in [1.165, 1.54) is 12.1 Å². The van der Waals surface area contributed by atoms with Crippen molar-refractivity contribution in [2.45, 2.75) is 25.4 Å². The predicted octanol–water partition coefficient (Wildman–Crippen LogP) is 1.97. The number of hydrogen-bond donors (Lipinski definition) is 1. The van der Waals surface area contributed by atoms with E-state index in [1.807, 2.05) is 6.07 Å². The molecule has 1 amide bonds. The zero-order chi connectivity index (χ0) is 13.2. The van der Waals surface area contributed by atoms with Gasteiger partial charge in [0.15, 0.2) is 0 Å². The van der Waals surface area contributed by atoms with Crippen molar-refractivity contribution in [3.8, 4) is 11.3 Å². The Morgan fingerprint density at radius 3 is 2.74 bits per heavy atom. The van der Waals surface area contributed by atoms with Crippen LogP contribution >= 0.6 is 0 Å². The molecule has 0 atom stereocenters. The Morgan fingerprint density at radius 1 is 1.32 bits per heavy atom. The number of benzene rings is 1. The molecule has 1 N–H and O–H groups in total. The Labute approximate surface area is 110 Å². The van der Waals surface area contributed by atoms with Crippen LogP contribution in [-0.4, -0.2) is 21.7 Å². The summed E-state index contributed by atoms with van der Waals surface area (Å²) in [5.41, 5.74) is 1.57. The van der Waals surface area contributed by atoms with Crippen LogP contribution in [0.15, 0.2) is 36.5 Å². The summed E-state index contributed by atoms with van der Waals surface area (Å²) in [6.07, 6.45) is 3.91. The molecular formula is C14H14FN3O. The molecular weight excluding hydrogens is 245 g/mol. The number of hydrogen-bond acceptors (Lipinski definition) is 2. The summed E-state index contributed by atoms with van der Waals surface area (Å²) in [5.74, 6) is -0.289. The lowest BCUT2D eigenvalue weighted by atomic mass is 10.1. The number of carbonyl (C=O) groups is 1. The Kier molecular flexibility index (Phi) is 3.03. The molecule has 1 fully saturated rings. The van der Waals surface area contributed by atoms with E-state index >= 15 is 0 Å². The van der Waals surface area contributed by atoms with Crippen molar-refractivity contribution in [2.24, 2.45) is 0 Å². The molecule has 2 aromatic rings. The highest BCUT2D eigenvalue weighted by Crippen LogP contribution is 2.19. The lowest BCUT2D eigenvalue weighted by Crippen LogP contribution is -2.29. The van der Waals surface area contributed by atoms with Crippen molar-refractivity contribution in [2.75, 3.05) is 0 Å². The fourth-order valence-corrected chi connectivity index (χ4v) is 1.87. The molecule has 0 saturated heterocycles. The molecule has 0 bridgehead atoms. The molecule has 0 radical (unpaired) electrons. The van der Waals surface area contributed by atoms with Crippen molar-refractivity contribution < 1.29 is 9.18 Å². The number of nitrogens with zero attached hydrogens (tertiary/aromatic N) is 2. The van der Waals surface area contributed by atoms with E-state index in [4.69, 9.17) is 0 Å². The average molecular weight is 259 g/mol. The van der Waals surface area contributed by atoms with Gasteiger partial charge in [0.25, 0.3) is 0 Å². The van der Waals surface area contributed by atoms with Crippen LogP contribution in [0.4, 0.5) is 4.39 Å². The zero-order valence-electron chi connectivity index (χ0n) is 10.3. The second-order valence-corrected chi connectivity index (χ2v) is 4.75. The lowest BCUT2D eigenvalue weighted by Gasteiger charge is -2.03. The molecule has 0 aliphatic heterocycles. The molecule has 1 saturated carbocycles. The summed E-state index contributed by atoms with van der Waals surface area (Å²) in [6.45, 7) is 0.220. The van der Waals surface area contributed by atoms with Crippen molar-refractivity contribution in [3.05, 3.63) is 42.3 Å². The van der Waals surface area contributed by atoms with Crippen LogP contribution in [0, 0.1) is 5.82 Å². The van der Waals surface area contributed by atoms with E-state index in [9.17, 15) is 9.18 Å². The third-order valence-electron chi connectivity index (χ3n) is 3.03. The summed E-state index contributed by atoms with van der Waals surface area (Å²) >= 11 is 0. The Hall–Kier alpha value is -2.17. The third-order valence-corrected chi connectivity index (χ3v) is 3.03. The maximum Gasteiger partial charge on any atom is 0.241 e. The predicted molar refractivity (Wildman–Crippen MR) is 68.8 cm³/mol. The standard InChI is InChI=1S/C14H14FN3O/c15-11-3-1-10(2-4-11)13-7-8-18(17-13)9-14(19)16-12-5-6-12/h1-4,7-8,12H,5-6,9H2,(H,16,19). The molecule has 3 rings (SSSR count). The van der Waals surface area contributed by atoms with Crippen molar-refractivity contribution in [3.63, 3.8) is 0 Å². The van der Waals surface area contributed by atoms with Gasteiger partial charge in [-0.15, -0.1) is 0 Å². The van der Waals surface area contributed by atoms with Gasteiger partial charge in [0.2, 0.25) is 5.91 Å². The van der Waals surface area contributed by atoms with Crippen LogP contribution in [0.3, 0.4) is 0 Å². The summed E-state index contributed by atoms with van der Waals surface area (Å²) in [4.78, 5) is 11.6. The normalized spacial score (nSPS) is 14.4. The van der Waals surface area contributed by atoms with E-state index in [2.05, 4.69) is 10.4 Å². The lowest BCUT2D eigenvalue weighted by molar-refractivity contribution is -0.122. The van der Waals surface area contributed by atoms with E-state index < -0.39 is 0 Å². The zero-order valence-corrected chi connectivity index (χ0v) is 10.3. The second kappa shape index (κ2) is 4.84. The molecule has 19 heavy (non-hydrogen) atoms. The fourth-order valence-electron chi connectivity index (χ4n) is 1.87. The summed E-state index contributed by atoms with van der Waals surface area (Å²) in [7, 11) is 0. The number of aromatic nitrogens is 2. The first kappa shape index (κ1) is 11.9. The first-order valence-corrected chi connectivity index (χ1v) is 6.29. The number of nitrogens with one attached hydrogen (secondary N) is 1. The van der Waals surface area contributed by atoms with Crippen LogP contribution < -0.4 is 5.32 Å². The van der Waals surface area contributed by atoms with Crippen LogP contribution in [0.1, 0.15) is 12.8 Å². The summed E-state index contributed by atoms with van der Waals surface area (Å²) < 4.78 is 14.4. The van der Waals surface area contributed by atoms with E-state index in [1.54, 1.807) is 23.0 Å². The van der Waals surface area contributed by atoms with Crippen molar-refractivity contribution in [1.29, 1.82) is 0 Å². The van der Waals surface area contributed by atoms with Gasteiger partial charge in [-0.1, -0.05) is 0 Å². The van der Waals surface area contributed by atoms with Crippen LogP contribution in [0.25, 0.3) is 11.3 Å². The fraction of sp³-hybridized carbons (Fsp3) is 0.286. The quantitative estimate of drug-likeness (QED) is 0.912. The molecule has 1 aliphatic carbocycles. The topological polar surface area (TPSA) is 46.9 Å². The van der Waals surface area contributed by atoms with Gasteiger partial charge in [-0.25, -0.2) is 4.39 Å². The van der Waals surface area contributed by atoms with Crippen molar-refractivity contribution in [1.82, 2.24) is 15.1 Å². The highest BCUT2D eigenvalue weighted by molar-refractivity contribution is 5.76. The maximum absolute atomic E-state index is 12.8. The first-order valence-electron chi connectivity index (χ1n) is 6.29. The van der Waals surface area contributed by atoms with Gasteiger partial charge in [-0.3, -0.25) is 9.48 Å². The molecule has 1 aromatic carbocycles. The molecule has 98 valence electrons. The number of halogens is 1. The van der Waals surface area contributed by atoms with E-state index in [0.717, 1.165) is 24.1 Å².